The molecular formula is C6H14N2O. The molecule has 3 nitrogen and oxygen atoms in total. The largest absolute Gasteiger partial charge is 0.368 e. The van der Waals surface area contributed by atoms with Crippen LogP contribution in [0.3, 0.4) is 0 Å². The van der Waals surface area contributed by atoms with E-state index >= 15 is 0 Å². The van der Waals surface area contributed by atoms with Crippen LogP contribution in [0.25, 0.3) is 0 Å². The summed E-state index contributed by atoms with van der Waals surface area (Å²) in [7, 11) is 0.0492. The predicted molar refractivity (Wildman–Crippen MR) is 37.0 cm³/mol. The third kappa shape index (κ3) is 3.08. The number of nitrogens with two attached hydrogens (primary N) is 1. The molecule has 0 fully saturated rings. The maximum atomic E-state index is 10.6. The van der Waals surface area contributed by atoms with Gasteiger partial charge in [-0.1, -0.05) is 13.3 Å². The molecule has 0 saturated carbocycles. The first-order valence-electron chi connectivity index (χ1n) is 3.75. The SMILES string of the molecule is [2H]CN[C@@H](CCC)C(N)=O. The molecule has 3 N–H and O–H groups in total. The summed E-state index contributed by atoms with van der Waals surface area (Å²) in [5.41, 5.74) is 5.02. The maximum absolute atomic E-state index is 10.6. The lowest BCUT2D eigenvalue weighted by Crippen LogP contribution is -2.38. The van der Waals surface area contributed by atoms with Gasteiger partial charge in [0.15, 0.2) is 0 Å². The number of rotatable bonds is 4. The summed E-state index contributed by atoms with van der Waals surface area (Å²) in [5, 5.41) is 2.68. The van der Waals surface area contributed by atoms with Gasteiger partial charge in [-0.3, -0.25) is 4.79 Å². The zero-order valence-corrected chi connectivity index (χ0v) is 5.68. The summed E-state index contributed by atoms with van der Waals surface area (Å²) < 4.78 is 6.79. The minimum atomic E-state index is -0.367. The average Bonchev–Trinajstić information content (AvgIpc) is 1.87. The fraction of sp³-hybridized carbons (Fsp3) is 0.833. The van der Waals surface area contributed by atoms with E-state index in [1.54, 1.807) is 0 Å². The Morgan fingerprint density at radius 2 is 2.67 bits per heavy atom. The van der Waals surface area contributed by atoms with Crippen molar-refractivity contribution in [3.05, 3.63) is 0 Å². The standard InChI is InChI=1S/C6H14N2O/c1-3-4-5(8-2)6(7)9/h5,8H,3-4H2,1-2H3,(H2,7,9)/t5-/m0/s1/i2D. The molecule has 0 aliphatic rings. The van der Waals surface area contributed by atoms with Gasteiger partial charge in [0.1, 0.15) is 0 Å². The molecule has 0 bridgehead atoms. The highest BCUT2D eigenvalue weighted by Gasteiger charge is 2.09. The van der Waals surface area contributed by atoms with E-state index in [4.69, 9.17) is 7.10 Å². The third-order valence-electron chi connectivity index (χ3n) is 1.17. The topological polar surface area (TPSA) is 55.1 Å². The van der Waals surface area contributed by atoms with Gasteiger partial charge in [0, 0.05) is 1.37 Å². The summed E-state index contributed by atoms with van der Waals surface area (Å²) in [6.07, 6.45) is 1.62. The Kier molecular flexibility index (Phi) is 3.15. The van der Waals surface area contributed by atoms with E-state index in [-0.39, 0.29) is 19.0 Å². The van der Waals surface area contributed by atoms with Crippen LogP contribution in [0.2, 0.25) is 0 Å². The molecule has 0 radical (unpaired) electrons. The average molecular weight is 131 g/mol. The van der Waals surface area contributed by atoms with Crippen LogP contribution in [0.4, 0.5) is 0 Å². The van der Waals surface area contributed by atoms with Gasteiger partial charge in [-0.05, 0) is 13.4 Å². The van der Waals surface area contributed by atoms with Crippen LogP contribution in [0.1, 0.15) is 21.1 Å². The van der Waals surface area contributed by atoms with Gasteiger partial charge in [0.25, 0.3) is 0 Å². The van der Waals surface area contributed by atoms with Gasteiger partial charge in [0.2, 0.25) is 5.91 Å². The summed E-state index contributed by atoms with van der Waals surface area (Å²) in [6, 6.07) is -0.317. The molecule has 0 aliphatic heterocycles. The second-order valence-corrected chi connectivity index (χ2v) is 1.95. The second-order valence-electron chi connectivity index (χ2n) is 1.95. The van der Waals surface area contributed by atoms with E-state index in [9.17, 15) is 4.79 Å². The van der Waals surface area contributed by atoms with E-state index in [2.05, 4.69) is 5.32 Å². The number of hydrogen-bond acceptors (Lipinski definition) is 2. The quantitative estimate of drug-likeness (QED) is 0.558. The molecular weight excluding hydrogens is 116 g/mol. The van der Waals surface area contributed by atoms with Gasteiger partial charge in [0.05, 0.1) is 6.04 Å². The smallest absolute Gasteiger partial charge is 0.234 e. The van der Waals surface area contributed by atoms with Crippen molar-refractivity contribution in [1.29, 1.82) is 0 Å². The summed E-state index contributed by atoms with van der Waals surface area (Å²) >= 11 is 0. The summed E-state index contributed by atoms with van der Waals surface area (Å²) in [5.74, 6) is -0.367. The van der Waals surface area contributed by atoms with Crippen LogP contribution in [0, 0.1) is 0 Å². The van der Waals surface area contributed by atoms with Gasteiger partial charge in [-0.2, -0.15) is 0 Å². The Morgan fingerprint density at radius 3 is 3.00 bits per heavy atom. The van der Waals surface area contributed by atoms with Crippen molar-refractivity contribution < 1.29 is 6.17 Å². The van der Waals surface area contributed by atoms with Crippen molar-refractivity contribution in [2.45, 2.75) is 25.8 Å². The number of primary amides is 1. The zero-order chi connectivity index (χ0) is 7.98. The lowest BCUT2D eigenvalue weighted by Gasteiger charge is -2.08. The molecule has 0 aromatic heterocycles. The highest BCUT2D eigenvalue weighted by atomic mass is 16.1. The normalized spacial score (nSPS) is 14.6. The minimum Gasteiger partial charge on any atom is -0.368 e. The van der Waals surface area contributed by atoms with E-state index in [1.807, 2.05) is 6.92 Å². The van der Waals surface area contributed by atoms with Crippen molar-refractivity contribution in [1.82, 2.24) is 5.32 Å². The van der Waals surface area contributed by atoms with E-state index in [1.165, 1.54) is 0 Å². The van der Waals surface area contributed by atoms with E-state index < -0.39 is 0 Å². The monoisotopic (exact) mass is 131 g/mol. The van der Waals surface area contributed by atoms with Crippen molar-refractivity contribution in [2.24, 2.45) is 5.73 Å². The highest BCUT2D eigenvalue weighted by Crippen LogP contribution is 1.93. The molecule has 1 atom stereocenters. The molecule has 0 aromatic rings. The van der Waals surface area contributed by atoms with Crippen molar-refractivity contribution in [3.63, 3.8) is 0 Å². The third-order valence-corrected chi connectivity index (χ3v) is 1.17. The molecule has 1 amide bonds. The van der Waals surface area contributed by atoms with Crippen LogP contribution in [-0.4, -0.2) is 19.0 Å². The Labute approximate surface area is 57.0 Å². The van der Waals surface area contributed by atoms with Crippen LogP contribution in [-0.2, 0) is 4.79 Å². The lowest BCUT2D eigenvalue weighted by molar-refractivity contribution is -0.120. The van der Waals surface area contributed by atoms with Crippen molar-refractivity contribution >= 4 is 5.91 Å². The van der Waals surface area contributed by atoms with Gasteiger partial charge in [-0.15, -0.1) is 0 Å². The number of nitrogens with one attached hydrogen (secondary N) is 1. The lowest BCUT2D eigenvalue weighted by atomic mass is 10.1. The Bertz CT molecular complexity index is 102. The number of likely N-dealkylation sites (N-methyl/N-ethyl adjacent to an activating group) is 1. The van der Waals surface area contributed by atoms with E-state index in [0.717, 1.165) is 6.42 Å². The molecule has 54 valence electrons. The molecule has 0 aliphatic carbocycles. The van der Waals surface area contributed by atoms with Crippen LogP contribution in [0.5, 0.6) is 0 Å². The molecule has 0 spiro atoms. The number of hydrogen-bond donors (Lipinski definition) is 2. The van der Waals surface area contributed by atoms with Crippen LogP contribution in [0.15, 0.2) is 0 Å². The van der Waals surface area contributed by atoms with Gasteiger partial charge < -0.3 is 11.1 Å². The van der Waals surface area contributed by atoms with Crippen LogP contribution >= 0.6 is 0 Å². The Balaban J connectivity index is 3.61. The predicted octanol–water partition coefficient (Wildman–Crippen LogP) is -0.140. The first-order valence-corrected chi connectivity index (χ1v) is 3.04. The maximum Gasteiger partial charge on any atom is 0.234 e. The molecule has 0 saturated heterocycles. The minimum absolute atomic E-state index is 0.0492. The first kappa shape index (κ1) is 6.55. The molecule has 9 heavy (non-hydrogen) atoms. The molecule has 0 unspecified atom stereocenters. The highest BCUT2D eigenvalue weighted by molar-refractivity contribution is 5.79. The summed E-state index contributed by atoms with van der Waals surface area (Å²) in [4.78, 5) is 10.6. The van der Waals surface area contributed by atoms with Gasteiger partial charge in [-0.25, -0.2) is 0 Å². The molecule has 0 rings (SSSR count). The molecule has 3 heteroatoms. The van der Waals surface area contributed by atoms with Crippen molar-refractivity contribution in [2.75, 3.05) is 7.02 Å². The number of carbonyl (C=O) groups excluding carboxylic acids is 1. The van der Waals surface area contributed by atoms with Gasteiger partial charge >= 0.3 is 0 Å². The fourth-order valence-electron chi connectivity index (χ4n) is 0.634. The van der Waals surface area contributed by atoms with Crippen LogP contribution < -0.4 is 11.1 Å². The Morgan fingerprint density at radius 1 is 2.00 bits per heavy atom. The fourth-order valence-corrected chi connectivity index (χ4v) is 0.634. The molecule has 0 heterocycles. The molecule has 0 aromatic carbocycles. The van der Waals surface area contributed by atoms with E-state index in [0.29, 0.717) is 6.42 Å². The summed E-state index contributed by atoms with van der Waals surface area (Å²) in [6.45, 7) is 1.97. The van der Waals surface area contributed by atoms with Crippen molar-refractivity contribution in [3.8, 4) is 0 Å². The zero-order valence-electron chi connectivity index (χ0n) is 6.68. The second kappa shape index (κ2) is 4.32. The number of amides is 1. The Hall–Kier alpha value is -0.570. The first-order chi connectivity index (χ1) is 4.72. The number of carbonyl (C=O) groups is 1.